The van der Waals surface area contributed by atoms with Gasteiger partial charge in [-0.1, -0.05) is 6.92 Å². The zero-order valence-electron chi connectivity index (χ0n) is 11.2. The van der Waals surface area contributed by atoms with Crippen molar-refractivity contribution >= 4 is 5.91 Å². The predicted octanol–water partition coefficient (Wildman–Crippen LogP) is 1.36. The van der Waals surface area contributed by atoms with E-state index in [1.54, 1.807) is 18.5 Å². The van der Waals surface area contributed by atoms with Crippen LogP contribution < -0.4 is 0 Å². The van der Waals surface area contributed by atoms with Crippen LogP contribution >= 0.6 is 0 Å². The van der Waals surface area contributed by atoms with Crippen LogP contribution in [0.1, 0.15) is 30.4 Å². The highest BCUT2D eigenvalue weighted by Crippen LogP contribution is 2.35. The highest BCUT2D eigenvalue weighted by Gasteiger charge is 2.41. The first-order valence-electron chi connectivity index (χ1n) is 6.97. The van der Waals surface area contributed by atoms with Crippen molar-refractivity contribution in [1.82, 2.24) is 14.9 Å². The number of fused-ring (bicyclic) bond motifs is 1. The van der Waals surface area contributed by atoms with E-state index in [9.17, 15) is 4.79 Å². The van der Waals surface area contributed by atoms with Crippen molar-refractivity contribution in [2.45, 2.75) is 25.9 Å². The number of hydrogen-bond acceptors (Lipinski definition) is 4. The van der Waals surface area contributed by atoms with E-state index in [0.29, 0.717) is 23.8 Å². The Morgan fingerprint density at radius 3 is 3.00 bits per heavy atom. The molecule has 3 rings (SSSR count). The number of amides is 1. The summed E-state index contributed by atoms with van der Waals surface area (Å²) in [7, 11) is 0. The summed E-state index contributed by atoms with van der Waals surface area (Å²) >= 11 is 0. The highest BCUT2D eigenvalue weighted by atomic mass is 16.5. The van der Waals surface area contributed by atoms with Crippen LogP contribution in [0.2, 0.25) is 0 Å². The molecular formula is C14H19N3O2. The molecule has 19 heavy (non-hydrogen) atoms. The molecule has 2 fully saturated rings. The van der Waals surface area contributed by atoms with Crippen molar-refractivity contribution in [2.75, 3.05) is 19.7 Å². The Labute approximate surface area is 113 Å². The second-order valence-corrected chi connectivity index (χ2v) is 5.32. The fraction of sp³-hybridized carbons (Fsp3) is 0.643. The van der Waals surface area contributed by atoms with Gasteiger partial charge in [-0.05, 0) is 24.8 Å². The zero-order chi connectivity index (χ0) is 13.2. The van der Waals surface area contributed by atoms with Crippen molar-refractivity contribution < 1.29 is 9.53 Å². The molecule has 2 aliphatic heterocycles. The van der Waals surface area contributed by atoms with Gasteiger partial charge in [0.25, 0.3) is 5.91 Å². The summed E-state index contributed by atoms with van der Waals surface area (Å²) in [4.78, 5) is 22.2. The van der Waals surface area contributed by atoms with Crippen molar-refractivity contribution in [3.05, 3.63) is 24.3 Å². The van der Waals surface area contributed by atoms with Gasteiger partial charge in [0, 0.05) is 31.4 Å². The Balaban J connectivity index is 1.68. The SMILES string of the molecule is CC[C@@H]1OC[C@@H]2CN(C(=O)c3ncccn3)CC[C@@H]21. The topological polar surface area (TPSA) is 55.3 Å². The second-order valence-electron chi connectivity index (χ2n) is 5.32. The molecule has 2 aliphatic rings. The zero-order valence-corrected chi connectivity index (χ0v) is 11.2. The Hall–Kier alpha value is -1.49. The van der Waals surface area contributed by atoms with Crippen LogP contribution in [0.25, 0.3) is 0 Å². The third-order valence-corrected chi connectivity index (χ3v) is 4.24. The van der Waals surface area contributed by atoms with Crippen LogP contribution in [-0.4, -0.2) is 46.6 Å². The molecule has 3 heterocycles. The van der Waals surface area contributed by atoms with Gasteiger partial charge in [-0.25, -0.2) is 9.97 Å². The third kappa shape index (κ3) is 2.34. The number of ether oxygens (including phenoxy) is 1. The minimum absolute atomic E-state index is 0.0565. The summed E-state index contributed by atoms with van der Waals surface area (Å²) < 4.78 is 5.81. The van der Waals surface area contributed by atoms with Gasteiger partial charge in [-0.15, -0.1) is 0 Å². The molecule has 0 aromatic carbocycles. The first-order valence-corrected chi connectivity index (χ1v) is 6.97. The monoisotopic (exact) mass is 261 g/mol. The van der Waals surface area contributed by atoms with E-state index in [0.717, 1.165) is 32.5 Å². The normalized spacial score (nSPS) is 30.2. The molecule has 1 aromatic rings. The minimum atomic E-state index is -0.0565. The lowest BCUT2D eigenvalue weighted by atomic mass is 9.83. The van der Waals surface area contributed by atoms with Crippen LogP contribution in [0.4, 0.5) is 0 Å². The number of piperidine rings is 1. The molecule has 0 spiro atoms. The van der Waals surface area contributed by atoms with E-state index in [-0.39, 0.29) is 5.91 Å². The fourth-order valence-corrected chi connectivity index (χ4v) is 3.24. The molecule has 1 aromatic heterocycles. The van der Waals surface area contributed by atoms with Gasteiger partial charge >= 0.3 is 0 Å². The number of aromatic nitrogens is 2. The largest absolute Gasteiger partial charge is 0.378 e. The molecule has 0 bridgehead atoms. The summed E-state index contributed by atoms with van der Waals surface area (Å²) in [6, 6.07) is 1.72. The highest BCUT2D eigenvalue weighted by molar-refractivity contribution is 5.90. The number of rotatable bonds is 2. The molecule has 102 valence electrons. The average molecular weight is 261 g/mol. The van der Waals surface area contributed by atoms with Gasteiger partial charge < -0.3 is 9.64 Å². The van der Waals surface area contributed by atoms with Crippen molar-refractivity contribution in [1.29, 1.82) is 0 Å². The van der Waals surface area contributed by atoms with Crippen LogP contribution in [0, 0.1) is 11.8 Å². The Morgan fingerprint density at radius 2 is 2.26 bits per heavy atom. The number of carbonyl (C=O) groups is 1. The molecular weight excluding hydrogens is 242 g/mol. The maximum Gasteiger partial charge on any atom is 0.291 e. The molecule has 2 saturated heterocycles. The van der Waals surface area contributed by atoms with Gasteiger partial charge in [-0.2, -0.15) is 0 Å². The Kier molecular flexibility index (Phi) is 3.46. The molecule has 5 nitrogen and oxygen atoms in total. The van der Waals surface area contributed by atoms with E-state index in [4.69, 9.17) is 4.74 Å². The van der Waals surface area contributed by atoms with E-state index in [1.807, 2.05) is 4.90 Å². The Morgan fingerprint density at radius 1 is 1.47 bits per heavy atom. The van der Waals surface area contributed by atoms with E-state index in [1.165, 1.54) is 0 Å². The quantitative estimate of drug-likeness (QED) is 0.806. The molecule has 1 amide bonds. The van der Waals surface area contributed by atoms with Crippen LogP contribution in [0.3, 0.4) is 0 Å². The van der Waals surface area contributed by atoms with Crippen LogP contribution in [0.15, 0.2) is 18.5 Å². The Bertz CT molecular complexity index is 451. The van der Waals surface area contributed by atoms with Gasteiger partial charge in [0.1, 0.15) is 0 Å². The number of carbonyl (C=O) groups excluding carboxylic acids is 1. The molecule has 3 atom stereocenters. The summed E-state index contributed by atoms with van der Waals surface area (Å²) in [5, 5.41) is 0. The molecule has 0 unspecified atom stereocenters. The number of hydrogen-bond donors (Lipinski definition) is 0. The van der Waals surface area contributed by atoms with Crippen LogP contribution in [0.5, 0.6) is 0 Å². The maximum atomic E-state index is 12.3. The lowest BCUT2D eigenvalue weighted by Crippen LogP contribution is -2.45. The standard InChI is InChI=1S/C14H19N3O2/c1-2-12-11-4-7-17(8-10(11)9-19-12)14(18)13-15-5-3-6-16-13/h3,5-6,10-12H,2,4,7-9H2,1H3/t10-,11-,12-/m0/s1. The van der Waals surface area contributed by atoms with E-state index >= 15 is 0 Å². The van der Waals surface area contributed by atoms with Crippen molar-refractivity contribution in [3.63, 3.8) is 0 Å². The van der Waals surface area contributed by atoms with Gasteiger partial charge in [0.15, 0.2) is 0 Å². The average Bonchev–Trinajstić information content (AvgIpc) is 2.89. The maximum absolute atomic E-state index is 12.3. The van der Waals surface area contributed by atoms with Gasteiger partial charge in [0.2, 0.25) is 5.82 Å². The third-order valence-electron chi connectivity index (χ3n) is 4.24. The minimum Gasteiger partial charge on any atom is -0.378 e. The summed E-state index contributed by atoms with van der Waals surface area (Å²) in [6.45, 7) is 4.52. The number of likely N-dealkylation sites (tertiary alicyclic amines) is 1. The predicted molar refractivity (Wildman–Crippen MR) is 69.6 cm³/mol. The molecule has 0 N–H and O–H groups in total. The summed E-state index contributed by atoms with van der Waals surface area (Å²) in [5.74, 6) is 1.34. The molecule has 0 radical (unpaired) electrons. The first-order chi connectivity index (χ1) is 9.29. The van der Waals surface area contributed by atoms with E-state index in [2.05, 4.69) is 16.9 Å². The lowest BCUT2D eigenvalue weighted by molar-refractivity contribution is 0.0596. The van der Waals surface area contributed by atoms with Crippen LogP contribution in [-0.2, 0) is 4.74 Å². The van der Waals surface area contributed by atoms with E-state index < -0.39 is 0 Å². The smallest absolute Gasteiger partial charge is 0.291 e. The molecule has 0 saturated carbocycles. The first kappa shape index (κ1) is 12.5. The molecule has 5 heteroatoms. The summed E-state index contributed by atoms with van der Waals surface area (Å²) in [6.07, 6.45) is 5.70. The second kappa shape index (κ2) is 5.25. The molecule has 0 aliphatic carbocycles. The van der Waals surface area contributed by atoms with Crippen molar-refractivity contribution in [3.8, 4) is 0 Å². The fourth-order valence-electron chi connectivity index (χ4n) is 3.24. The van der Waals surface area contributed by atoms with Gasteiger partial charge in [0.05, 0.1) is 12.7 Å². The summed E-state index contributed by atoms with van der Waals surface area (Å²) in [5.41, 5.74) is 0. The number of nitrogens with zero attached hydrogens (tertiary/aromatic N) is 3. The van der Waals surface area contributed by atoms with Gasteiger partial charge in [-0.3, -0.25) is 4.79 Å². The van der Waals surface area contributed by atoms with Crippen molar-refractivity contribution in [2.24, 2.45) is 11.8 Å². The lowest BCUT2D eigenvalue weighted by Gasteiger charge is -2.35.